The molecule has 0 N–H and O–H groups in total. The van der Waals surface area contributed by atoms with Gasteiger partial charge in [-0.15, -0.1) is 0 Å². The van der Waals surface area contributed by atoms with Gasteiger partial charge in [-0.25, -0.2) is 15.0 Å². The molecule has 0 unspecified atom stereocenters. The zero-order valence-corrected chi connectivity index (χ0v) is 28.6. The summed E-state index contributed by atoms with van der Waals surface area (Å²) < 4.78 is 6.74. The van der Waals surface area contributed by atoms with Gasteiger partial charge in [0.05, 0.1) is 0 Å². The van der Waals surface area contributed by atoms with Crippen LogP contribution in [0.2, 0.25) is 0 Å². The predicted molar refractivity (Wildman–Crippen MR) is 217 cm³/mol. The first-order valence-corrected chi connectivity index (χ1v) is 17.8. The zero-order chi connectivity index (χ0) is 35.1. The van der Waals surface area contributed by atoms with Gasteiger partial charge in [0, 0.05) is 32.8 Å². The summed E-state index contributed by atoms with van der Waals surface area (Å²) in [6, 6.07) is 65.1. The molecule has 248 valence electrons. The van der Waals surface area contributed by atoms with Gasteiger partial charge in [-0.1, -0.05) is 176 Å². The van der Waals surface area contributed by atoms with Crippen molar-refractivity contribution in [2.45, 2.75) is 0 Å². The van der Waals surface area contributed by atoms with Crippen LogP contribution < -0.4 is 0 Å². The lowest BCUT2D eigenvalue weighted by molar-refractivity contribution is 0.673. The van der Waals surface area contributed by atoms with E-state index in [1.54, 1.807) is 0 Å². The highest BCUT2D eigenvalue weighted by molar-refractivity contribution is 6.23. The number of benzene rings is 8. The van der Waals surface area contributed by atoms with E-state index >= 15 is 0 Å². The highest BCUT2D eigenvalue weighted by Crippen LogP contribution is 2.44. The quantitative estimate of drug-likeness (QED) is 0.176. The van der Waals surface area contributed by atoms with Gasteiger partial charge < -0.3 is 4.42 Å². The number of furan rings is 1. The summed E-state index contributed by atoms with van der Waals surface area (Å²) in [6.45, 7) is 0. The van der Waals surface area contributed by atoms with Crippen molar-refractivity contribution in [1.82, 2.24) is 15.0 Å². The van der Waals surface area contributed by atoms with E-state index in [0.717, 1.165) is 71.7 Å². The summed E-state index contributed by atoms with van der Waals surface area (Å²) in [7, 11) is 0. The molecule has 0 bridgehead atoms. The zero-order valence-electron chi connectivity index (χ0n) is 28.6. The minimum absolute atomic E-state index is 0.595. The third kappa shape index (κ3) is 5.54. The molecule has 8 aromatic carbocycles. The Hall–Kier alpha value is -7.17. The average molecular weight is 678 g/mol. The van der Waals surface area contributed by atoms with Crippen LogP contribution in [0, 0.1) is 0 Å². The second-order valence-corrected chi connectivity index (χ2v) is 13.2. The molecule has 0 aliphatic rings. The Morgan fingerprint density at radius 3 is 1.42 bits per heavy atom. The van der Waals surface area contributed by atoms with Crippen molar-refractivity contribution in [3.63, 3.8) is 0 Å². The maximum Gasteiger partial charge on any atom is 0.164 e. The number of aromatic nitrogens is 3. The van der Waals surface area contributed by atoms with E-state index in [1.165, 1.54) is 11.1 Å². The van der Waals surface area contributed by atoms with Crippen LogP contribution in [-0.2, 0) is 0 Å². The molecule has 0 amide bonds. The summed E-state index contributed by atoms with van der Waals surface area (Å²) in [6.07, 6.45) is 0. The smallest absolute Gasteiger partial charge is 0.164 e. The van der Waals surface area contributed by atoms with Crippen molar-refractivity contribution >= 4 is 32.7 Å². The Bertz CT molecular complexity index is 2900. The molecule has 0 spiro atoms. The number of rotatable bonds is 6. The number of hydrogen-bond acceptors (Lipinski definition) is 4. The van der Waals surface area contributed by atoms with Crippen molar-refractivity contribution < 1.29 is 4.42 Å². The normalized spacial score (nSPS) is 11.4. The highest BCUT2D eigenvalue weighted by atomic mass is 16.3. The summed E-state index contributed by atoms with van der Waals surface area (Å²) in [5.41, 5.74) is 11.3. The number of fused-ring (bicyclic) bond motifs is 5. The van der Waals surface area contributed by atoms with Crippen LogP contribution >= 0.6 is 0 Å². The molecule has 2 heterocycles. The van der Waals surface area contributed by atoms with E-state index in [9.17, 15) is 0 Å². The fraction of sp³-hybridized carbons (Fsp3) is 0. The molecule has 0 fully saturated rings. The van der Waals surface area contributed by atoms with E-state index in [2.05, 4.69) is 133 Å². The number of hydrogen-bond donors (Lipinski definition) is 0. The lowest BCUT2D eigenvalue weighted by Gasteiger charge is -2.13. The van der Waals surface area contributed by atoms with Crippen molar-refractivity contribution in [2.75, 3.05) is 0 Å². The molecule has 0 saturated carbocycles. The molecule has 0 saturated heterocycles. The summed E-state index contributed by atoms with van der Waals surface area (Å²) in [5.74, 6) is 1.82. The van der Waals surface area contributed by atoms with Gasteiger partial charge in [0.1, 0.15) is 11.2 Å². The monoisotopic (exact) mass is 677 g/mol. The number of para-hydroxylation sites is 1. The first kappa shape index (κ1) is 30.6. The van der Waals surface area contributed by atoms with Crippen LogP contribution in [0.4, 0.5) is 0 Å². The fourth-order valence-electron chi connectivity index (χ4n) is 7.33. The Morgan fingerprint density at radius 1 is 0.321 bits per heavy atom. The van der Waals surface area contributed by atoms with Crippen molar-refractivity contribution in [2.24, 2.45) is 0 Å². The maximum atomic E-state index is 6.74. The van der Waals surface area contributed by atoms with E-state index in [4.69, 9.17) is 19.4 Å². The molecule has 0 aliphatic carbocycles. The Labute approximate surface area is 306 Å². The molecule has 10 aromatic rings. The number of nitrogens with zero attached hydrogens (tertiary/aromatic N) is 3. The lowest BCUT2D eigenvalue weighted by atomic mass is 9.93. The fourth-order valence-corrected chi connectivity index (χ4v) is 7.33. The van der Waals surface area contributed by atoms with Gasteiger partial charge in [-0.3, -0.25) is 0 Å². The molecular formula is C49H31N3O. The van der Waals surface area contributed by atoms with Crippen LogP contribution in [0.1, 0.15) is 0 Å². The minimum Gasteiger partial charge on any atom is -0.455 e. The van der Waals surface area contributed by atoms with E-state index in [0.29, 0.717) is 17.5 Å². The van der Waals surface area contributed by atoms with Crippen molar-refractivity contribution in [3.8, 4) is 67.5 Å². The molecule has 2 aromatic heterocycles. The van der Waals surface area contributed by atoms with Gasteiger partial charge in [0.2, 0.25) is 0 Å². The molecule has 4 heteroatoms. The van der Waals surface area contributed by atoms with Crippen molar-refractivity contribution in [3.05, 3.63) is 188 Å². The topological polar surface area (TPSA) is 51.8 Å². The summed E-state index contributed by atoms with van der Waals surface area (Å²) >= 11 is 0. The largest absolute Gasteiger partial charge is 0.455 e. The van der Waals surface area contributed by atoms with Gasteiger partial charge in [-0.2, -0.15) is 0 Å². The second-order valence-electron chi connectivity index (χ2n) is 13.2. The van der Waals surface area contributed by atoms with E-state index < -0.39 is 0 Å². The molecule has 0 atom stereocenters. The van der Waals surface area contributed by atoms with Crippen molar-refractivity contribution in [1.29, 1.82) is 0 Å². The SMILES string of the molecule is c1ccc(-c2ccc(-c3ccc(-c4nc(-c5ccccc5)nc(-c5cc6cccc(-c7ccccc7)c6c6oc7ccccc7c56)n4)cc3)cc2)cc1. The first-order chi connectivity index (χ1) is 26.3. The molecular weight excluding hydrogens is 647 g/mol. The first-order valence-electron chi connectivity index (χ1n) is 17.8. The molecule has 53 heavy (non-hydrogen) atoms. The van der Waals surface area contributed by atoms with E-state index in [1.807, 2.05) is 54.6 Å². The van der Waals surface area contributed by atoms with E-state index in [-0.39, 0.29) is 0 Å². The maximum absolute atomic E-state index is 6.74. The molecule has 4 nitrogen and oxygen atoms in total. The van der Waals surface area contributed by atoms with Crippen LogP contribution in [0.5, 0.6) is 0 Å². The third-order valence-corrected chi connectivity index (χ3v) is 9.95. The Kier molecular flexibility index (Phi) is 7.43. The Balaban J connectivity index is 1.14. The van der Waals surface area contributed by atoms with Gasteiger partial charge in [0.15, 0.2) is 17.5 Å². The van der Waals surface area contributed by atoms with Gasteiger partial charge in [-0.05, 0) is 50.9 Å². The standard InChI is InChI=1S/C49H31N3O/c1-4-13-32(14-5-1)33-23-25-34(26-24-33)35-27-29-38(30-28-35)48-50-47(37-17-8-3-9-18-37)51-49(52-48)42-31-39-19-12-21-40(36-15-6-2-7-16-36)44(39)46-45(42)41-20-10-11-22-43(41)53-46/h1-31H. The van der Waals surface area contributed by atoms with Crippen LogP contribution in [0.3, 0.4) is 0 Å². The summed E-state index contributed by atoms with van der Waals surface area (Å²) in [4.78, 5) is 15.4. The highest BCUT2D eigenvalue weighted by Gasteiger charge is 2.22. The predicted octanol–water partition coefficient (Wildman–Crippen LogP) is 12.9. The Morgan fingerprint density at radius 2 is 0.792 bits per heavy atom. The molecule has 10 rings (SSSR count). The second kappa shape index (κ2) is 12.9. The van der Waals surface area contributed by atoms with Crippen LogP contribution in [-0.4, -0.2) is 15.0 Å². The average Bonchev–Trinajstić information content (AvgIpc) is 3.64. The minimum atomic E-state index is 0.595. The lowest BCUT2D eigenvalue weighted by Crippen LogP contribution is -2.00. The summed E-state index contributed by atoms with van der Waals surface area (Å²) in [5, 5.41) is 4.13. The molecule has 0 aliphatic heterocycles. The van der Waals surface area contributed by atoms with Gasteiger partial charge >= 0.3 is 0 Å². The van der Waals surface area contributed by atoms with Gasteiger partial charge in [0.25, 0.3) is 0 Å². The third-order valence-electron chi connectivity index (χ3n) is 9.95. The van der Waals surface area contributed by atoms with Crippen LogP contribution in [0.15, 0.2) is 192 Å². The molecule has 0 radical (unpaired) electrons. The van der Waals surface area contributed by atoms with Crippen LogP contribution in [0.25, 0.3) is 100 Å².